The molecule has 0 aromatic carbocycles. The average molecular weight is 232 g/mol. The Morgan fingerprint density at radius 2 is 1.73 bits per heavy atom. The molecular formula is C8H17NOY-2. The van der Waals surface area contributed by atoms with E-state index < -0.39 is 0 Å². The second kappa shape index (κ2) is 11.0. The third-order valence-corrected chi connectivity index (χ3v) is 1.10. The predicted octanol–water partition coefficient (Wildman–Crippen LogP) is 1.34. The minimum absolute atomic E-state index is 0. The zero-order valence-corrected chi connectivity index (χ0v) is 10.2. The molecule has 1 aliphatic heterocycles. The van der Waals surface area contributed by atoms with Gasteiger partial charge in [-0.1, -0.05) is 6.92 Å². The van der Waals surface area contributed by atoms with E-state index in [0.29, 0.717) is 0 Å². The summed E-state index contributed by atoms with van der Waals surface area (Å²) in [6.07, 6.45) is 1.00. The minimum atomic E-state index is 0. The molecule has 1 rings (SSSR count). The van der Waals surface area contributed by atoms with Crippen LogP contribution in [0.25, 0.3) is 0 Å². The molecule has 1 fully saturated rings. The Balaban J connectivity index is 0. The number of rotatable bonds is 0. The Hall–Kier alpha value is 1.02. The number of nitrogens with zero attached hydrogens (tertiary/aromatic N) is 1. The van der Waals surface area contributed by atoms with Gasteiger partial charge in [-0.05, 0) is 13.1 Å². The van der Waals surface area contributed by atoms with Crippen LogP contribution in [0.2, 0.25) is 0 Å². The first-order chi connectivity index (χ1) is 4.81. The fourth-order valence-electron chi connectivity index (χ4n) is 0.601. The van der Waals surface area contributed by atoms with E-state index in [1.807, 2.05) is 11.8 Å². The van der Waals surface area contributed by atoms with Crippen molar-refractivity contribution < 1.29 is 37.4 Å². The van der Waals surface area contributed by atoms with Crippen molar-refractivity contribution in [1.82, 2.24) is 4.90 Å². The van der Waals surface area contributed by atoms with Crippen LogP contribution in [-0.2, 0) is 37.4 Å². The standard InChI is InChI=1S/C5H10NO.C3H7.Y/c1-6-2-4-7-5-3-6;1-3-2;/h1-5H2;1,3H2,2H3;/q2*-1;. The predicted molar refractivity (Wildman–Crippen MR) is 43.4 cm³/mol. The number of ether oxygens (including phenoxy) is 1. The molecule has 0 atom stereocenters. The van der Waals surface area contributed by atoms with Crippen molar-refractivity contribution >= 4 is 0 Å². The first kappa shape index (κ1) is 14.5. The number of hydrogen-bond acceptors (Lipinski definition) is 2. The van der Waals surface area contributed by atoms with Crippen molar-refractivity contribution in [2.24, 2.45) is 0 Å². The maximum atomic E-state index is 5.06. The number of morpholine rings is 1. The molecule has 3 heteroatoms. The van der Waals surface area contributed by atoms with Gasteiger partial charge in [0.05, 0.1) is 13.2 Å². The van der Waals surface area contributed by atoms with E-state index in [0.717, 1.165) is 32.7 Å². The molecule has 1 radical (unpaired) electrons. The largest absolute Gasteiger partial charge is 0.455 e. The molecule has 2 nitrogen and oxygen atoms in total. The zero-order chi connectivity index (χ0) is 7.82. The fraction of sp³-hybridized carbons (Fsp3) is 0.750. The minimum Gasteiger partial charge on any atom is -0.455 e. The molecule has 0 spiro atoms. The summed E-state index contributed by atoms with van der Waals surface area (Å²) in [6, 6.07) is 0. The van der Waals surface area contributed by atoms with Gasteiger partial charge in [-0.25, -0.2) is 0 Å². The molecule has 0 unspecified atom stereocenters. The molecule has 0 bridgehead atoms. The van der Waals surface area contributed by atoms with E-state index in [-0.39, 0.29) is 32.7 Å². The van der Waals surface area contributed by atoms with E-state index in [1.54, 1.807) is 0 Å². The van der Waals surface area contributed by atoms with Gasteiger partial charge in [0.1, 0.15) is 0 Å². The quantitative estimate of drug-likeness (QED) is 0.584. The van der Waals surface area contributed by atoms with Crippen LogP contribution < -0.4 is 0 Å². The molecule has 0 aromatic heterocycles. The van der Waals surface area contributed by atoms with Crippen molar-refractivity contribution in [3.63, 3.8) is 0 Å². The van der Waals surface area contributed by atoms with E-state index in [4.69, 9.17) is 4.74 Å². The van der Waals surface area contributed by atoms with Gasteiger partial charge in [-0.15, -0.1) is 0 Å². The Morgan fingerprint density at radius 1 is 1.36 bits per heavy atom. The van der Waals surface area contributed by atoms with Crippen LogP contribution in [0.1, 0.15) is 13.3 Å². The van der Waals surface area contributed by atoms with Gasteiger partial charge in [0.2, 0.25) is 0 Å². The van der Waals surface area contributed by atoms with Crippen LogP contribution in [-0.4, -0.2) is 31.2 Å². The molecule has 0 aliphatic carbocycles. The summed E-state index contributed by atoms with van der Waals surface area (Å²) in [5.41, 5.74) is 0. The van der Waals surface area contributed by atoms with Crippen molar-refractivity contribution in [3.05, 3.63) is 14.0 Å². The monoisotopic (exact) mass is 232 g/mol. The van der Waals surface area contributed by atoms with Crippen LogP contribution in [0.15, 0.2) is 0 Å². The first-order valence-electron chi connectivity index (χ1n) is 3.73. The molecule has 1 heterocycles. The van der Waals surface area contributed by atoms with Gasteiger partial charge in [0, 0.05) is 32.7 Å². The molecule has 65 valence electrons. The first-order valence-corrected chi connectivity index (χ1v) is 3.73. The van der Waals surface area contributed by atoms with E-state index in [1.165, 1.54) is 0 Å². The maximum Gasteiger partial charge on any atom is 0.0569 e. The van der Waals surface area contributed by atoms with Crippen LogP contribution in [0, 0.1) is 14.0 Å². The van der Waals surface area contributed by atoms with Gasteiger partial charge in [0.15, 0.2) is 0 Å². The number of hydrogen-bond donors (Lipinski definition) is 0. The molecule has 0 aromatic rings. The zero-order valence-electron chi connectivity index (χ0n) is 7.38. The Bertz CT molecular complexity index is 65.1. The van der Waals surface area contributed by atoms with Gasteiger partial charge in [-0.3, -0.25) is 7.05 Å². The summed E-state index contributed by atoms with van der Waals surface area (Å²) in [5.74, 6) is 0. The summed E-state index contributed by atoms with van der Waals surface area (Å²) in [4.78, 5) is 2.02. The summed E-state index contributed by atoms with van der Waals surface area (Å²) < 4.78 is 5.06. The maximum absolute atomic E-state index is 5.06. The van der Waals surface area contributed by atoms with Crippen molar-refractivity contribution in [3.8, 4) is 0 Å². The van der Waals surface area contributed by atoms with Gasteiger partial charge in [0.25, 0.3) is 0 Å². The van der Waals surface area contributed by atoms with Gasteiger partial charge in [-0.2, -0.15) is 6.42 Å². The van der Waals surface area contributed by atoms with Gasteiger partial charge < -0.3 is 16.6 Å². The summed E-state index contributed by atoms with van der Waals surface area (Å²) in [7, 11) is 3.75. The normalized spacial score (nSPS) is 17.7. The van der Waals surface area contributed by atoms with Crippen molar-refractivity contribution in [1.29, 1.82) is 0 Å². The second-order valence-corrected chi connectivity index (χ2v) is 2.23. The fourth-order valence-corrected chi connectivity index (χ4v) is 0.601. The summed E-state index contributed by atoms with van der Waals surface area (Å²) in [6.45, 7) is 9.17. The SMILES string of the molecule is [CH2-]CC.[CH2-]N1CCOCC1.[Y]. The molecule has 0 N–H and O–H groups in total. The molecule has 11 heavy (non-hydrogen) atoms. The second-order valence-electron chi connectivity index (χ2n) is 2.23. The molecule has 0 saturated carbocycles. The Labute approximate surface area is 95.6 Å². The van der Waals surface area contributed by atoms with Gasteiger partial charge >= 0.3 is 0 Å². The van der Waals surface area contributed by atoms with E-state index in [2.05, 4.69) is 14.0 Å². The molecular weight excluding hydrogens is 215 g/mol. The molecule has 1 saturated heterocycles. The van der Waals surface area contributed by atoms with Crippen LogP contribution in [0.4, 0.5) is 0 Å². The van der Waals surface area contributed by atoms with Crippen molar-refractivity contribution in [2.75, 3.05) is 26.3 Å². The van der Waals surface area contributed by atoms with Crippen LogP contribution >= 0.6 is 0 Å². The van der Waals surface area contributed by atoms with Crippen molar-refractivity contribution in [2.45, 2.75) is 13.3 Å². The summed E-state index contributed by atoms with van der Waals surface area (Å²) in [5, 5.41) is 0. The molecule has 1 aliphatic rings. The third-order valence-electron chi connectivity index (χ3n) is 1.10. The molecule has 0 amide bonds. The average Bonchev–Trinajstić information content (AvgIpc) is 1.91. The third kappa shape index (κ3) is 11.0. The summed E-state index contributed by atoms with van der Waals surface area (Å²) >= 11 is 0. The van der Waals surface area contributed by atoms with E-state index >= 15 is 0 Å². The van der Waals surface area contributed by atoms with Crippen LogP contribution in [0.5, 0.6) is 0 Å². The van der Waals surface area contributed by atoms with Crippen LogP contribution in [0.3, 0.4) is 0 Å². The van der Waals surface area contributed by atoms with E-state index in [9.17, 15) is 0 Å². The smallest absolute Gasteiger partial charge is 0.0569 e. The Morgan fingerprint density at radius 3 is 1.91 bits per heavy atom. The Kier molecular flexibility index (Phi) is 14.6. The topological polar surface area (TPSA) is 12.5 Å².